The van der Waals surface area contributed by atoms with Gasteiger partial charge in [0.2, 0.25) is 5.91 Å². The second kappa shape index (κ2) is 9.03. The van der Waals surface area contributed by atoms with Gasteiger partial charge in [-0.3, -0.25) is 9.69 Å². The number of nitrogens with zero attached hydrogens (tertiary/aromatic N) is 5. The molecule has 1 saturated heterocycles. The van der Waals surface area contributed by atoms with E-state index in [0.717, 1.165) is 36.7 Å². The quantitative estimate of drug-likeness (QED) is 0.648. The third-order valence-corrected chi connectivity index (χ3v) is 6.06. The number of amides is 1. The number of furan rings is 1. The predicted molar refractivity (Wildman–Crippen MR) is 117 cm³/mol. The summed E-state index contributed by atoms with van der Waals surface area (Å²) in [5.41, 5.74) is 0.658. The number of likely N-dealkylation sites (tertiary alicyclic amines) is 1. The molecule has 0 radical (unpaired) electrons. The molecule has 8 nitrogen and oxygen atoms in total. The molecule has 9 heteroatoms. The molecular weight excluding hydrogens is 400 g/mol. The Bertz CT molecular complexity index is 993. The number of rotatable bonds is 6. The Morgan fingerprint density at radius 3 is 2.73 bits per heavy atom. The molecule has 1 amide bonds. The highest BCUT2D eigenvalue weighted by atomic mass is 32.1. The van der Waals surface area contributed by atoms with Crippen LogP contribution in [0.5, 0.6) is 0 Å². The van der Waals surface area contributed by atoms with E-state index in [1.54, 1.807) is 12.3 Å². The van der Waals surface area contributed by atoms with Gasteiger partial charge in [-0.05, 0) is 46.0 Å². The predicted octanol–water partition coefficient (Wildman–Crippen LogP) is 3.13. The number of piperidine rings is 1. The summed E-state index contributed by atoms with van der Waals surface area (Å²) in [6.07, 6.45) is 3.88. The second-order valence-corrected chi connectivity index (χ2v) is 8.62. The number of carbonyl (C=O) groups is 1. The first-order valence-corrected chi connectivity index (χ1v) is 10.9. The average molecular weight is 427 g/mol. The van der Waals surface area contributed by atoms with Crippen LogP contribution in [0.25, 0.3) is 22.3 Å². The van der Waals surface area contributed by atoms with Crippen LogP contribution < -0.4 is 5.32 Å². The smallest absolute Gasteiger partial charge is 0.239 e. The van der Waals surface area contributed by atoms with Crippen molar-refractivity contribution in [3.8, 4) is 22.3 Å². The van der Waals surface area contributed by atoms with Crippen molar-refractivity contribution in [3.63, 3.8) is 0 Å². The SMILES string of the molecule is Cc1ccc(-c2nc(NC(=O)CN3CCC(N(C)C)CC3)cc(-c3nccs3)n2)o1. The van der Waals surface area contributed by atoms with Gasteiger partial charge in [0.25, 0.3) is 0 Å². The highest BCUT2D eigenvalue weighted by Gasteiger charge is 2.22. The van der Waals surface area contributed by atoms with Crippen molar-refractivity contribution in [1.82, 2.24) is 24.8 Å². The van der Waals surface area contributed by atoms with Gasteiger partial charge in [-0.15, -0.1) is 11.3 Å². The third kappa shape index (κ3) is 4.92. The van der Waals surface area contributed by atoms with E-state index in [4.69, 9.17) is 4.42 Å². The van der Waals surface area contributed by atoms with Crippen molar-refractivity contribution in [2.45, 2.75) is 25.8 Å². The molecule has 1 aliphatic rings. The molecular formula is C21H26N6O2S. The minimum atomic E-state index is -0.0799. The van der Waals surface area contributed by atoms with Crippen LogP contribution in [0.1, 0.15) is 18.6 Å². The monoisotopic (exact) mass is 426 g/mol. The van der Waals surface area contributed by atoms with Crippen LogP contribution in [0.4, 0.5) is 5.82 Å². The highest BCUT2D eigenvalue weighted by Crippen LogP contribution is 2.26. The summed E-state index contributed by atoms with van der Waals surface area (Å²) in [6.45, 7) is 4.06. The van der Waals surface area contributed by atoms with Gasteiger partial charge in [0.15, 0.2) is 11.6 Å². The fourth-order valence-electron chi connectivity index (χ4n) is 3.61. The lowest BCUT2D eigenvalue weighted by molar-refractivity contribution is -0.117. The Labute approximate surface area is 180 Å². The van der Waals surface area contributed by atoms with Crippen molar-refractivity contribution in [2.75, 3.05) is 39.0 Å². The Kier molecular flexibility index (Phi) is 6.21. The molecule has 0 spiro atoms. The molecule has 1 N–H and O–H groups in total. The Balaban J connectivity index is 1.49. The molecule has 0 aliphatic carbocycles. The molecule has 30 heavy (non-hydrogen) atoms. The molecule has 0 atom stereocenters. The zero-order valence-electron chi connectivity index (χ0n) is 17.5. The lowest BCUT2D eigenvalue weighted by atomic mass is 10.0. The van der Waals surface area contributed by atoms with Gasteiger partial charge in [-0.1, -0.05) is 0 Å². The summed E-state index contributed by atoms with van der Waals surface area (Å²) < 4.78 is 5.69. The van der Waals surface area contributed by atoms with Crippen molar-refractivity contribution in [2.24, 2.45) is 0 Å². The highest BCUT2D eigenvalue weighted by molar-refractivity contribution is 7.13. The van der Waals surface area contributed by atoms with Gasteiger partial charge in [-0.2, -0.15) is 0 Å². The van der Waals surface area contributed by atoms with E-state index in [1.807, 2.05) is 24.4 Å². The number of aryl methyl sites for hydroxylation is 1. The van der Waals surface area contributed by atoms with Gasteiger partial charge in [0.1, 0.15) is 22.3 Å². The first-order chi connectivity index (χ1) is 14.5. The van der Waals surface area contributed by atoms with Crippen molar-refractivity contribution < 1.29 is 9.21 Å². The Hall–Kier alpha value is -2.62. The first-order valence-electron chi connectivity index (χ1n) is 10.0. The largest absolute Gasteiger partial charge is 0.458 e. The van der Waals surface area contributed by atoms with E-state index in [2.05, 4.69) is 44.2 Å². The van der Waals surface area contributed by atoms with E-state index in [9.17, 15) is 4.79 Å². The lowest BCUT2D eigenvalue weighted by Crippen LogP contribution is -2.44. The number of carbonyl (C=O) groups excluding carboxylic acids is 1. The van der Waals surface area contributed by atoms with Crippen molar-refractivity contribution in [1.29, 1.82) is 0 Å². The number of thiazole rings is 1. The summed E-state index contributed by atoms with van der Waals surface area (Å²) in [5.74, 6) is 2.14. The van der Waals surface area contributed by atoms with Gasteiger partial charge in [0, 0.05) is 36.8 Å². The molecule has 3 aromatic heterocycles. The molecule has 4 heterocycles. The van der Waals surface area contributed by atoms with Crippen LogP contribution in [-0.2, 0) is 4.79 Å². The number of hydrogen-bond donors (Lipinski definition) is 1. The molecule has 0 unspecified atom stereocenters. The second-order valence-electron chi connectivity index (χ2n) is 7.73. The summed E-state index contributed by atoms with van der Waals surface area (Å²) in [4.78, 5) is 30.6. The summed E-state index contributed by atoms with van der Waals surface area (Å²) in [6, 6.07) is 6.04. The fourth-order valence-corrected chi connectivity index (χ4v) is 4.21. The average Bonchev–Trinajstić information content (AvgIpc) is 3.40. The Morgan fingerprint density at radius 1 is 1.30 bits per heavy atom. The zero-order valence-corrected chi connectivity index (χ0v) is 18.3. The third-order valence-electron chi connectivity index (χ3n) is 5.26. The van der Waals surface area contributed by atoms with E-state index in [-0.39, 0.29) is 5.91 Å². The molecule has 3 aromatic rings. The van der Waals surface area contributed by atoms with Gasteiger partial charge in [0.05, 0.1) is 6.54 Å². The molecule has 0 bridgehead atoms. The van der Waals surface area contributed by atoms with Crippen LogP contribution in [0.2, 0.25) is 0 Å². The summed E-state index contributed by atoms with van der Waals surface area (Å²) in [5, 5.41) is 5.60. The first kappa shape index (κ1) is 20.6. The van der Waals surface area contributed by atoms with Crippen LogP contribution in [0.3, 0.4) is 0 Å². The molecule has 1 aliphatic heterocycles. The maximum Gasteiger partial charge on any atom is 0.239 e. The van der Waals surface area contributed by atoms with Gasteiger partial charge in [-0.25, -0.2) is 15.0 Å². The van der Waals surface area contributed by atoms with E-state index < -0.39 is 0 Å². The van der Waals surface area contributed by atoms with E-state index in [1.165, 1.54) is 11.3 Å². The molecule has 0 saturated carbocycles. The Morgan fingerprint density at radius 2 is 2.10 bits per heavy atom. The normalized spacial score (nSPS) is 15.6. The maximum absolute atomic E-state index is 12.7. The maximum atomic E-state index is 12.7. The number of anilines is 1. The summed E-state index contributed by atoms with van der Waals surface area (Å²) >= 11 is 1.49. The zero-order chi connectivity index (χ0) is 21.1. The van der Waals surface area contributed by atoms with Gasteiger partial charge >= 0.3 is 0 Å². The van der Waals surface area contributed by atoms with Crippen LogP contribution in [-0.4, -0.2) is 70.4 Å². The van der Waals surface area contributed by atoms with Crippen molar-refractivity contribution in [3.05, 3.63) is 35.5 Å². The van der Waals surface area contributed by atoms with Crippen molar-refractivity contribution >= 4 is 23.1 Å². The standard InChI is InChI=1S/C21H26N6O2S/c1-14-4-5-17(29-14)20-23-16(21-22-8-11-30-21)12-18(25-20)24-19(28)13-27-9-6-15(7-10-27)26(2)3/h4-5,8,11-12,15H,6-7,9-10,13H2,1-3H3,(H,23,24,25,28). The van der Waals surface area contributed by atoms with Crippen LogP contribution in [0.15, 0.2) is 34.2 Å². The molecule has 0 aromatic carbocycles. The van der Waals surface area contributed by atoms with Crippen LogP contribution >= 0.6 is 11.3 Å². The number of hydrogen-bond acceptors (Lipinski definition) is 8. The minimum Gasteiger partial charge on any atom is -0.458 e. The molecule has 1 fully saturated rings. The number of aromatic nitrogens is 3. The topological polar surface area (TPSA) is 87.4 Å². The lowest BCUT2D eigenvalue weighted by Gasteiger charge is -2.34. The molecule has 4 rings (SSSR count). The summed E-state index contributed by atoms with van der Waals surface area (Å²) in [7, 11) is 4.22. The minimum absolute atomic E-state index is 0.0799. The van der Waals surface area contributed by atoms with E-state index in [0.29, 0.717) is 35.7 Å². The van der Waals surface area contributed by atoms with Gasteiger partial charge < -0.3 is 14.6 Å². The fraction of sp³-hybridized carbons (Fsp3) is 0.429. The van der Waals surface area contributed by atoms with Crippen LogP contribution in [0, 0.1) is 6.92 Å². The molecule has 158 valence electrons. The van der Waals surface area contributed by atoms with E-state index >= 15 is 0 Å². The number of nitrogens with one attached hydrogen (secondary N) is 1.